The monoisotopic (exact) mass is 1250 g/mol. The van der Waals surface area contributed by atoms with Crippen molar-refractivity contribution in [2.24, 2.45) is 0 Å². The molecule has 8 bridgehead atoms. The summed E-state index contributed by atoms with van der Waals surface area (Å²) in [5, 5.41) is 0. The molecule has 4 aromatic carbocycles. The van der Waals surface area contributed by atoms with Gasteiger partial charge in [-0.05, 0) is 119 Å². The largest absolute Gasteiger partial charge is 0.489 e. The van der Waals surface area contributed by atoms with Gasteiger partial charge >= 0.3 is 23.9 Å². The maximum atomic E-state index is 14.7. The van der Waals surface area contributed by atoms with Crippen molar-refractivity contribution < 1.29 is 81.0 Å². The number of carbonyl (C=O) groups is 9. The molecular weight excluding hydrogens is 1160 g/mol. The molecule has 0 fully saturated rings. The van der Waals surface area contributed by atoms with Crippen molar-refractivity contribution in [2.45, 2.75) is 176 Å². The highest BCUT2D eigenvalue weighted by Gasteiger charge is 2.28. The topological polar surface area (TPSA) is 227 Å². The molecule has 91 heavy (non-hydrogen) atoms. The second kappa shape index (κ2) is 39.6. The maximum Gasteiger partial charge on any atom is 0.330 e. The van der Waals surface area contributed by atoms with E-state index in [2.05, 4.69) is 26.7 Å². The predicted molar refractivity (Wildman–Crippen MR) is 347 cm³/mol. The number of rotatable bonds is 42. The molecule has 0 aromatic heterocycles. The highest BCUT2D eigenvalue weighted by molar-refractivity contribution is 5.99. The fourth-order valence-electron chi connectivity index (χ4n) is 10.7. The number of fused-ring (bicyclic) bond motifs is 8. The van der Waals surface area contributed by atoms with Gasteiger partial charge in [-0.15, -0.1) is 0 Å². The van der Waals surface area contributed by atoms with Gasteiger partial charge in [0, 0.05) is 98.3 Å². The van der Waals surface area contributed by atoms with Gasteiger partial charge in [0.2, 0.25) is 0 Å². The number of unbranched alkanes of at least 4 members (excludes halogenated alkanes) is 8. The number of esters is 4. The number of ketones is 5. The van der Waals surface area contributed by atoms with Crippen LogP contribution >= 0.6 is 0 Å². The molecule has 0 unspecified atom stereocenters. The number of ether oxygens (including phenoxy) is 8. The summed E-state index contributed by atoms with van der Waals surface area (Å²) in [5.41, 5.74) is 5.21. The van der Waals surface area contributed by atoms with Crippen LogP contribution in [0.15, 0.2) is 86.5 Å². The van der Waals surface area contributed by atoms with E-state index in [4.69, 9.17) is 37.9 Å². The maximum absolute atomic E-state index is 14.7. The second-order valence-corrected chi connectivity index (χ2v) is 22.5. The van der Waals surface area contributed by atoms with Crippen molar-refractivity contribution in [3.05, 3.63) is 153 Å². The zero-order chi connectivity index (χ0) is 66.1. The Bertz CT molecular complexity index is 3070. The third kappa shape index (κ3) is 23.7. The molecule has 490 valence electrons. The average Bonchev–Trinajstić information content (AvgIpc) is 0.942. The summed E-state index contributed by atoms with van der Waals surface area (Å²) in [7, 11) is 0. The molecule has 1 aliphatic carbocycles. The first kappa shape index (κ1) is 73.3. The molecule has 17 heteroatoms. The van der Waals surface area contributed by atoms with Gasteiger partial charge in [-0.3, -0.25) is 28.8 Å². The van der Waals surface area contributed by atoms with Gasteiger partial charge in [0.05, 0.1) is 0 Å². The lowest BCUT2D eigenvalue weighted by molar-refractivity contribution is -0.147. The summed E-state index contributed by atoms with van der Waals surface area (Å²) in [6.07, 6.45) is 12.7. The zero-order valence-corrected chi connectivity index (χ0v) is 54.1. The van der Waals surface area contributed by atoms with Crippen molar-refractivity contribution in [3.63, 3.8) is 0 Å². The van der Waals surface area contributed by atoms with E-state index in [1.165, 1.54) is 0 Å². The van der Waals surface area contributed by atoms with Crippen LogP contribution in [0.4, 0.5) is 0 Å². The molecule has 0 amide bonds. The summed E-state index contributed by atoms with van der Waals surface area (Å²) in [4.78, 5) is 121. The van der Waals surface area contributed by atoms with Crippen molar-refractivity contribution in [2.75, 3.05) is 52.9 Å². The minimum absolute atomic E-state index is 0.0363. The lowest BCUT2D eigenvalue weighted by Crippen LogP contribution is -2.17. The zero-order valence-electron chi connectivity index (χ0n) is 54.1. The highest BCUT2D eigenvalue weighted by Crippen LogP contribution is 2.42. The molecule has 0 atom stereocenters. The molecule has 4 aromatic rings. The van der Waals surface area contributed by atoms with Gasteiger partial charge < -0.3 is 37.9 Å². The Kier molecular flexibility index (Phi) is 31.9. The van der Waals surface area contributed by atoms with Crippen LogP contribution in [0.1, 0.15) is 236 Å². The van der Waals surface area contributed by atoms with E-state index in [9.17, 15) is 43.2 Å². The summed E-state index contributed by atoms with van der Waals surface area (Å²) >= 11 is 0. The van der Waals surface area contributed by atoms with Crippen molar-refractivity contribution in [1.29, 1.82) is 0 Å². The van der Waals surface area contributed by atoms with E-state index in [1.807, 2.05) is 20.8 Å². The fraction of sp³-hybridized carbons (Fsp3) is 0.473. The molecule has 0 saturated carbocycles. The normalized spacial score (nSPS) is 11.5. The number of carbonyl (C=O) groups excluding carboxylic acids is 9. The summed E-state index contributed by atoms with van der Waals surface area (Å²) < 4.78 is 48.9. The second-order valence-electron chi connectivity index (χ2n) is 22.5. The molecule has 5 rings (SSSR count). The van der Waals surface area contributed by atoms with E-state index in [-0.39, 0.29) is 145 Å². The van der Waals surface area contributed by atoms with E-state index in [1.54, 1.807) is 55.5 Å². The SMILES string of the molecule is C=CC(=O)OCCOc1c2cc(C(=O)CCCCC)cc1Cc1cc(C(=O)CCCCC)cc(c1OCCOC(=O)C=C)Cc1cc(C(=O)CCCCC)cc(c1OCCOC(=O)CC(=O)CC)Cc1cc(C(=O)CCCCC)cc(c1OCCOC(=O)C=C)C2. The van der Waals surface area contributed by atoms with E-state index in [0.29, 0.717) is 110 Å². The van der Waals surface area contributed by atoms with Crippen molar-refractivity contribution >= 4 is 52.8 Å². The van der Waals surface area contributed by atoms with Crippen LogP contribution in [-0.4, -0.2) is 106 Å². The van der Waals surface area contributed by atoms with E-state index in [0.717, 1.165) is 69.6 Å². The summed E-state index contributed by atoms with van der Waals surface area (Å²) in [5.74, 6) is -2.46. The Morgan fingerprint density at radius 3 is 0.780 bits per heavy atom. The van der Waals surface area contributed by atoms with E-state index < -0.39 is 30.3 Å². The van der Waals surface area contributed by atoms with Crippen LogP contribution in [0.25, 0.3) is 0 Å². The average molecular weight is 1250 g/mol. The standard InChI is InChI=1S/C74H92O17/c1-9-17-21-25-63(76)50-37-54-45-56-39-51(64(77)26-22-18-10-2)41-58(72(56)89-34-30-85-68(81)15-7)47-60-43-53(66(79)28-24-20-12-4)44-61(74(60)91-36-32-87-70(83)49-62(75)13-5)48-59-42-52(65(78)27-23-19-11-3)40-57(73(59)90-35-31-86-69(82)16-8)46-55(38-50)71(54)88-33-29-84-67(80)14-6/h14-16,37-44H,6-13,17-36,45-49H2,1-5H3. The Labute approximate surface area is 536 Å². The lowest BCUT2D eigenvalue weighted by Gasteiger charge is -2.25. The molecule has 0 radical (unpaired) electrons. The molecule has 1 aliphatic rings. The summed E-state index contributed by atoms with van der Waals surface area (Å²) in [6.45, 7) is 18.9. The van der Waals surface area contributed by atoms with Gasteiger partial charge in [-0.1, -0.05) is 106 Å². The highest BCUT2D eigenvalue weighted by atomic mass is 16.6. The Morgan fingerprint density at radius 2 is 0.571 bits per heavy atom. The minimum atomic E-state index is -0.727. The van der Waals surface area contributed by atoms with Crippen LogP contribution in [0.5, 0.6) is 23.0 Å². The Balaban J connectivity index is 2.02. The van der Waals surface area contributed by atoms with Gasteiger partial charge in [0.15, 0.2) is 23.1 Å². The lowest BCUT2D eigenvalue weighted by atomic mass is 9.86. The van der Waals surface area contributed by atoms with Crippen LogP contribution in [-0.2, 0) is 68.6 Å². The minimum Gasteiger partial charge on any atom is -0.489 e. The van der Waals surface area contributed by atoms with Gasteiger partial charge in [0.25, 0.3) is 0 Å². The first-order valence-electron chi connectivity index (χ1n) is 32.3. The van der Waals surface area contributed by atoms with Gasteiger partial charge in [-0.25, -0.2) is 14.4 Å². The molecular formula is C74H92O17. The number of Topliss-reactive ketones (excluding diaryl/α,β-unsaturated/α-hetero) is 5. The predicted octanol–water partition coefficient (Wildman–Crippen LogP) is 14.0. The number of benzene rings is 4. The number of hydrogen-bond donors (Lipinski definition) is 0. The first-order chi connectivity index (χ1) is 44.0. The van der Waals surface area contributed by atoms with Gasteiger partial charge in [0.1, 0.15) is 88.1 Å². The molecule has 0 heterocycles. The van der Waals surface area contributed by atoms with Crippen LogP contribution in [0.2, 0.25) is 0 Å². The Hall–Kier alpha value is -8.47. The third-order valence-electron chi connectivity index (χ3n) is 15.4. The molecule has 0 aliphatic heterocycles. The Morgan fingerprint density at radius 1 is 0.341 bits per heavy atom. The number of hydrogen-bond acceptors (Lipinski definition) is 17. The van der Waals surface area contributed by atoms with Crippen molar-refractivity contribution in [1.82, 2.24) is 0 Å². The van der Waals surface area contributed by atoms with Crippen LogP contribution < -0.4 is 18.9 Å². The third-order valence-corrected chi connectivity index (χ3v) is 15.4. The summed E-state index contributed by atoms with van der Waals surface area (Å²) in [6, 6.07) is 14.1. The first-order valence-corrected chi connectivity index (χ1v) is 32.3. The smallest absolute Gasteiger partial charge is 0.330 e. The fourth-order valence-corrected chi connectivity index (χ4v) is 10.7. The quantitative estimate of drug-likeness (QED) is 0.00883. The van der Waals surface area contributed by atoms with Crippen LogP contribution in [0.3, 0.4) is 0 Å². The van der Waals surface area contributed by atoms with Crippen molar-refractivity contribution in [3.8, 4) is 23.0 Å². The van der Waals surface area contributed by atoms with Crippen LogP contribution in [0, 0.1) is 0 Å². The molecule has 0 saturated heterocycles. The van der Waals surface area contributed by atoms with E-state index >= 15 is 0 Å². The van der Waals surface area contributed by atoms with Gasteiger partial charge in [-0.2, -0.15) is 0 Å². The molecule has 0 spiro atoms. The molecule has 0 N–H and O–H groups in total. The molecule has 17 nitrogen and oxygen atoms in total.